The Morgan fingerprint density at radius 2 is 1.95 bits per heavy atom. The summed E-state index contributed by atoms with van der Waals surface area (Å²) in [4.78, 5) is 11.8. The summed E-state index contributed by atoms with van der Waals surface area (Å²) in [7, 11) is 0. The van der Waals surface area contributed by atoms with Crippen LogP contribution in [0.25, 0.3) is 0 Å². The van der Waals surface area contributed by atoms with Crippen LogP contribution in [-0.2, 0) is 16.0 Å². The highest BCUT2D eigenvalue weighted by molar-refractivity contribution is 5.78. The molecule has 1 rings (SSSR count). The number of benzene rings is 1. The third-order valence-corrected chi connectivity index (χ3v) is 3.22. The van der Waals surface area contributed by atoms with Crippen LogP contribution in [0.2, 0.25) is 0 Å². The molecule has 1 atom stereocenters. The fourth-order valence-corrected chi connectivity index (χ4v) is 2.06. The Morgan fingerprint density at radius 3 is 2.50 bits per heavy atom. The quantitative estimate of drug-likeness (QED) is 0.718. The first-order chi connectivity index (χ1) is 9.52. The van der Waals surface area contributed by atoms with E-state index in [1.165, 1.54) is 0 Å². The second-order valence-corrected chi connectivity index (χ2v) is 5.29. The normalized spacial score (nSPS) is 12.4. The lowest BCUT2D eigenvalue weighted by molar-refractivity contribution is -0.120. The lowest BCUT2D eigenvalue weighted by Gasteiger charge is -2.20. The lowest BCUT2D eigenvalue weighted by Crippen LogP contribution is -2.31. The molecule has 4 nitrogen and oxygen atoms in total. The van der Waals surface area contributed by atoms with Crippen molar-refractivity contribution in [1.82, 2.24) is 5.32 Å². The smallest absolute Gasteiger partial charge is 0.224 e. The van der Waals surface area contributed by atoms with E-state index < -0.39 is 0 Å². The molecule has 0 aliphatic rings. The highest BCUT2D eigenvalue weighted by Crippen LogP contribution is 2.10. The van der Waals surface area contributed by atoms with Crippen LogP contribution >= 0.6 is 0 Å². The summed E-state index contributed by atoms with van der Waals surface area (Å²) in [5.74, 6) is 0.498. The van der Waals surface area contributed by atoms with E-state index in [9.17, 15) is 4.79 Å². The van der Waals surface area contributed by atoms with E-state index in [0.29, 0.717) is 31.2 Å². The van der Waals surface area contributed by atoms with Crippen molar-refractivity contribution in [1.29, 1.82) is 0 Å². The number of anilines is 1. The molecule has 1 amide bonds. The Labute approximate surface area is 121 Å². The maximum Gasteiger partial charge on any atom is 0.224 e. The highest BCUT2D eigenvalue weighted by atomic mass is 16.5. The summed E-state index contributed by atoms with van der Waals surface area (Å²) in [5.41, 5.74) is 7.30. The van der Waals surface area contributed by atoms with Crippen LogP contribution in [0.4, 0.5) is 5.69 Å². The Balaban J connectivity index is 2.30. The molecule has 4 heteroatoms. The van der Waals surface area contributed by atoms with E-state index in [1.807, 2.05) is 31.2 Å². The number of nitrogens with one attached hydrogen (secondary N) is 1. The molecule has 0 radical (unpaired) electrons. The molecule has 0 aromatic heterocycles. The van der Waals surface area contributed by atoms with Crippen LogP contribution in [0.15, 0.2) is 24.3 Å². The van der Waals surface area contributed by atoms with Gasteiger partial charge in [-0.3, -0.25) is 4.79 Å². The Bertz CT molecular complexity index is 401. The number of rotatable bonds is 8. The summed E-state index contributed by atoms with van der Waals surface area (Å²) in [6.07, 6.45) is 1.44. The molecular weight excluding hydrogens is 252 g/mol. The third kappa shape index (κ3) is 6.06. The topological polar surface area (TPSA) is 64.3 Å². The van der Waals surface area contributed by atoms with Crippen LogP contribution < -0.4 is 11.1 Å². The molecule has 1 aromatic rings. The molecule has 1 unspecified atom stereocenters. The minimum Gasteiger partial charge on any atom is -0.399 e. The SMILES string of the molecule is CCOC(CCNC(=O)Cc1ccc(N)cc1)C(C)C. The second kappa shape index (κ2) is 8.59. The summed E-state index contributed by atoms with van der Waals surface area (Å²) >= 11 is 0. The van der Waals surface area contributed by atoms with Crippen LogP contribution in [0.5, 0.6) is 0 Å². The third-order valence-electron chi connectivity index (χ3n) is 3.22. The lowest BCUT2D eigenvalue weighted by atomic mass is 10.0. The van der Waals surface area contributed by atoms with E-state index in [1.54, 1.807) is 0 Å². The molecule has 0 saturated heterocycles. The number of nitrogen functional groups attached to an aromatic ring is 1. The van der Waals surface area contributed by atoms with E-state index in [0.717, 1.165) is 12.0 Å². The van der Waals surface area contributed by atoms with E-state index in [4.69, 9.17) is 10.5 Å². The van der Waals surface area contributed by atoms with Gasteiger partial charge in [0.15, 0.2) is 0 Å². The monoisotopic (exact) mass is 278 g/mol. The largest absolute Gasteiger partial charge is 0.399 e. The predicted molar refractivity (Wildman–Crippen MR) is 82.4 cm³/mol. The average molecular weight is 278 g/mol. The summed E-state index contributed by atoms with van der Waals surface area (Å²) in [6.45, 7) is 7.63. The molecule has 0 spiro atoms. The maximum atomic E-state index is 11.8. The number of hydrogen-bond donors (Lipinski definition) is 2. The zero-order valence-electron chi connectivity index (χ0n) is 12.7. The summed E-state index contributed by atoms with van der Waals surface area (Å²) in [5, 5.41) is 2.94. The molecule has 20 heavy (non-hydrogen) atoms. The van der Waals surface area contributed by atoms with Crippen molar-refractivity contribution in [2.45, 2.75) is 39.7 Å². The van der Waals surface area contributed by atoms with Gasteiger partial charge in [-0.1, -0.05) is 26.0 Å². The standard InChI is InChI=1S/C16H26N2O2/c1-4-20-15(12(2)3)9-10-18-16(19)11-13-5-7-14(17)8-6-13/h5-8,12,15H,4,9-11,17H2,1-3H3,(H,18,19). The van der Waals surface area contributed by atoms with Crippen molar-refractivity contribution >= 4 is 11.6 Å². The molecule has 1 aromatic carbocycles. The molecule has 0 aliphatic carbocycles. The highest BCUT2D eigenvalue weighted by Gasteiger charge is 2.13. The van der Waals surface area contributed by atoms with Crippen LogP contribution in [-0.4, -0.2) is 25.2 Å². The maximum absolute atomic E-state index is 11.8. The summed E-state index contributed by atoms with van der Waals surface area (Å²) < 4.78 is 5.65. The van der Waals surface area contributed by atoms with Gasteiger partial charge < -0.3 is 15.8 Å². The fraction of sp³-hybridized carbons (Fsp3) is 0.562. The zero-order valence-corrected chi connectivity index (χ0v) is 12.7. The molecule has 112 valence electrons. The van der Waals surface area contributed by atoms with Crippen molar-refractivity contribution in [2.75, 3.05) is 18.9 Å². The van der Waals surface area contributed by atoms with Gasteiger partial charge in [0.1, 0.15) is 0 Å². The van der Waals surface area contributed by atoms with E-state index in [-0.39, 0.29) is 12.0 Å². The fourth-order valence-electron chi connectivity index (χ4n) is 2.06. The van der Waals surface area contributed by atoms with E-state index >= 15 is 0 Å². The first-order valence-corrected chi connectivity index (χ1v) is 7.25. The number of amides is 1. The van der Waals surface area contributed by atoms with Crippen LogP contribution in [0.1, 0.15) is 32.8 Å². The van der Waals surface area contributed by atoms with Crippen molar-refractivity contribution in [3.63, 3.8) is 0 Å². The Kier molecular flexibility index (Phi) is 7.09. The molecule has 0 saturated carbocycles. The Hall–Kier alpha value is -1.55. The zero-order chi connectivity index (χ0) is 15.0. The van der Waals surface area contributed by atoms with Gasteiger partial charge in [0, 0.05) is 18.8 Å². The van der Waals surface area contributed by atoms with Crippen molar-refractivity contribution in [3.8, 4) is 0 Å². The van der Waals surface area contributed by atoms with Crippen molar-refractivity contribution < 1.29 is 9.53 Å². The number of carbonyl (C=O) groups is 1. The average Bonchev–Trinajstić information content (AvgIpc) is 2.40. The number of hydrogen-bond acceptors (Lipinski definition) is 3. The minimum absolute atomic E-state index is 0.0359. The molecule has 0 fully saturated rings. The minimum atomic E-state index is 0.0359. The Morgan fingerprint density at radius 1 is 1.30 bits per heavy atom. The number of carbonyl (C=O) groups excluding carboxylic acids is 1. The predicted octanol–water partition coefficient (Wildman–Crippen LogP) is 2.38. The van der Waals surface area contributed by atoms with Gasteiger partial charge in [-0.2, -0.15) is 0 Å². The number of nitrogens with two attached hydrogens (primary N) is 1. The van der Waals surface area contributed by atoms with Crippen LogP contribution in [0, 0.1) is 5.92 Å². The van der Waals surface area contributed by atoms with Gasteiger partial charge in [0.2, 0.25) is 5.91 Å². The molecule has 0 aliphatic heterocycles. The first-order valence-electron chi connectivity index (χ1n) is 7.25. The molecule has 0 bridgehead atoms. The van der Waals surface area contributed by atoms with Crippen LogP contribution in [0.3, 0.4) is 0 Å². The molecule has 3 N–H and O–H groups in total. The molecular formula is C16H26N2O2. The van der Waals surface area contributed by atoms with Gasteiger partial charge in [0.05, 0.1) is 12.5 Å². The van der Waals surface area contributed by atoms with Gasteiger partial charge in [-0.15, -0.1) is 0 Å². The number of ether oxygens (including phenoxy) is 1. The van der Waals surface area contributed by atoms with Gasteiger partial charge in [-0.05, 0) is 37.0 Å². The van der Waals surface area contributed by atoms with Gasteiger partial charge in [-0.25, -0.2) is 0 Å². The first kappa shape index (κ1) is 16.5. The summed E-state index contributed by atoms with van der Waals surface area (Å²) in [6, 6.07) is 7.39. The molecule has 0 heterocycles. The second-order valence-electron chi connectivity index (χ2n) is 5.29. The van der Waals surface area contributed by atoms with E-state index in [2.05, 4.69) is 19.2 Å². The van der Waals surface area contributed by atoms with Gasteiger partial charge in [0.25, 0.3) is 0 Å². The van der Waals surface area contributed by atoms with Crippen molar-refractivity contribution in [3.05, 3.63) is 29.8 Å². The van der Waals surface area contributed by atoms with Crippen molar-refractivity contribution in [2.24, 2.45) is 5.92 Å². The van der Waals surface area contributed by atoms with Gasteiger partial charge >= 0.3 is 0 Å².